The Morgan fingerprint density at radius 2 is 1.90 bits per heavy atom. The van der Waals surface area contributed by atoms with Crippen molar-refractivity contribution in [1.82, 2.24) is 15.1 Å². The molecule has 20 heavy (non-hydrogen) atoms. The molecule has 7 nitrogen and oxygen atoms in total. The molecule has 0 aromatic heterocycles. The number of nitrogens with one attached hydrogen (secondary N) is 1. The summed E-state index contributed by atoms with van der Waals surface area (Å²) in [5, 5.41) is 2.79. The predicted octanol–water partition coefficient (Wildman–Crippen LogP) is -0.0868. The zero-order valence-electron chi connectivity index (χ0n) is 12.4. The highest BCUT2D eigenvalue weighted by Gasteiger charge is 2.21. The van der Waals surface area contributed by atoms with Gasteiger partial charge in [-0.3, -0.25) is 9.69 Å². The molecule has 1 fully saturated rings. The van der Waals surface area contributed by atoms with E-state index in [1.54, 1.807) is 18.9 Å². The zero-order valence-corrected chi connectivity index (χ0v) is 12.4. The molecule has 116 valence electrons. The summed E-state index contributed by atoms with van der Waals surface area (Å²) in [5.74, 6) is 0.0369. The van der Waals surface area contributed by atoms with Gasteiger partial charge in [-0.15, -0.1) is 0 Å². The number of amides is 2. The third-order valence-corrected chi connectivity index (χ3v) is 3.18. The molecule has 1 aliphatic rings. The Hall–Kier alpha value is -1.34. The monoisotopic (exact) mass is 287 g/mol. The average molecular weight is 287 g/mol. The van der Waals surface area contributed by atoms with Gasteiger partial charge in [0.2, 0.25) is 5.91 Å². The van der Waals surface area contributed by atoms with E-state index < -0.39 is 0 Å². The van der Waals surface area contributed by atoms with Crippen LogP contribution in [0.25, 0.3) is 0 Å². The van der Waals surface area contributed by atoms with Gasteiger partial charge in [-0.05, 0) is 6.92 Å². The number of rotatable bonds is 7. The Morgan fingerprint density at radius 1 is 1.20 bits per heavy atom. The minimum Gasteiger partial charge on any atom is -0.450 e. The second kappa shape index (κ2) is 9.55. The molecule has 0 aromatic rings. The van der Waals surface area contributed by atoms with Crippen molar-refractivity contribution in [1.29, 1.82) is 0 Å². The number of hydrogen-bond acceptors (Lipinski definition) is 5. The number of piperazine rings is 1. The van der Waals surface area contributed by atoms with Crippen molar-refractivity contribution >= 4 is 12.0 Å². The van der Waals surface area contributed by atoms with Gasteiger partial charge in [0.25, 0.3) is 0 Å². The normalized spacial score (nSPS) is 16.0. The van der Waals surface area contributed by atoms with Crippen LogP contribution in [0, 0.1) is 0 Å². The summed E-state index contributed by atoms with van der Waals surface area (Å²) in [5.41, 5.74) is 0. The van der Waals surface area contributed by atoms with E-state index in [4.69, 9.17) is 9.47 Å². The number of carbonyl (C=O) groups excluding carboxylic acids is 2. The van der Waals surface area contributed by atoms with Crippen molar-refractivity contribution in [3.05, 3.63) is 0 Å². The van der Waals surface area contributed by atoms with Crippen LogP contribution in [0.1, 0.15) is 13.3 Å². The number of carbonyl (C=O) groups is 2. The molecule has 2 amide bonds. The Labute approximate surface area is 120 Å². The van der Waals surface area contributed by atoms with Gasteiger partial charge in [0, 0.05) is 52.8 Å². The van der Waals surface area contributed by atoms with Gasteiger partial charge in [0.15, 0.2) is 0 Å². The average Bonchev–Trinajstić information content (AvgIpc) is 2.46. The van der Waals surface area contributed by atoms with E-state index in [0.717, 1.165) is 19.6 Å². The van der Waals surface area contributed by atoms with Crippen LogP contribution in [-0.2, 0) is 14.3 Å². The van der Waals surface area contributed by atoms with Crippen LogP contribution in [-0.4, -0.2) is 81.4 Å². The van der Waals surface area contributed by atoms with E-state index in [2.05, 4.69) is 10.2 Å². The third-order valence-electron chi connectivity index (χ3n) is 3.18. The Bertz CT molecular complexity index is 304. The van der Waals surface area contributed by atoms with E-state index in [9.17, 15) is 9.59 Å². The lowest BCUT2D eigenvalue weighted by atomic mass is 10.3. The van der Waals surface area contributed by atoms with Crippen LogP contribution in [0.2, 0.25) is 0 Å². The van der Waals surface area contributed by atoms with Crippen LogP contribution in [0.15, 0.2) is 0 Å². The molecule has 1 saturated heterocycles. The number of nitrogens with zero attached hydrogens (tertiary/aromatic N) is 2. The van der Waals surface area contributed by atoms with Gasteiger partial charge in [0.05, 0.1) is 13.2 Å². The quantitative estimate of drug-likeness (QED) is 0.663. The molecule has 7 heteroatoms. The molecule has 0 saturated carbocycles. The van der Waals surface area contributed by atoms with Crippen LogP contribution < -0.4 is 5.32 Å². The standard InChI is InChI=1S/C13H25N3O4/c1-3-20-13(18)16-9-7-15(8-10-16)6-4-12(17)14-5-11-19-2/h3-11H2,1-2H3,(H,14,17). The second-order valence-corrected chi connectivity index (χ2v) is 4.62. The molecule has 0 bridgehead atoms. The molecule has 0 aliphatic carbocycles. The predicted molar refractivity (Wildman–Crippen MR) is 74.5 cm³/mol. The van der Waals surface area contributed by atoms with E-state index in [1.807, 2.05) is 0 Å². The van der Waals surface area contributed by atoms with Gasteiger partial charge in [0.1, 0.15) is 0 Å². The fraction of sp³-hybridized carbons (Fsp3) is 0.846. The number of methoxy groups -OCH3 is 1. The first-order valence-corrected chi connectivity index (χ1v) is 7.07. The van der Waals surface area contributed by atoms with Crippen molar-refractivity contribution in [3.8, 4) is 0 Å². The summed E-state index contributed by atoms with van der Waals surface area (Å²) in [6.45, 7) is 6.88. The molecule has 1 heterocycles. The molecule has 0 unspecified atom stereocenters. The smallest absolute Gasteiger partial charge is 0.409 e. The Kier molecular flexibility index (Phi) is 7.98. The molecular formula is C13H25N3O4. The second-order valence-electron chi connectivity index (χ2n) is 4.62. The highest BCUT2D eigenvalue weighted by atomic mass is 16.6. The lowest BCUT2D eigenvalue weighted by Crippen LogP contribution is -2.49. The van der Waals surface area contributed by atoms with Crippen LogP contribution in [0.5, 0.6) is 0 Å². The van der Waals surface area contributed by atoms with Crippen molar-refractivity contribution < 1.29 is 19.1 Å². The molecule has 1 rings (SSSR count). The summed E-state index contributed by atoms with van der Waals surface area (Å²) in [4.78, 5) is 27.0. The maximum atomic E-state index is 11.5. The molecule has 1 N–H and O–H groups in total. The molecule has 0 aromatic carbocycles. The lowest BCUT2D eigenvalue weighted by molar-refractivity contribution is -0.121. The van der Waals surface area contributed by atoms with Crippen LogP contribution >= 0.6 is 0 Å². The van der Waals surface area contributed by atoms with Gasteiger partial charge in [-0.2, -0.15) is 0 Å². The highest BCUT2D eigenvalue weighted by Crippen LogP contribution is 2.04. The number of ether oxygens (including phenoxy) is 2. The maximum Gasteiger partial charge on any atom is 0.409 e. The van der Waals surface area contributed by atoms with E-state index in [1.165, 1.54) is 0 Å². The first-order chi connectivity index (χ1) is 9.67. The highest BCUT2D eigenvalue weighted by molar-refractivity contribution is 5.76. The lowest BCUT2D eigenvalue weighted by Gasteiger charge is -2.33. The minimum atomic E-state index is -0.246. The van der Waals surface area contributed by atoms with Crippen molar-refractivity contribution in [2.24, 2.45) is 0 Å². The third kappa shape index (κ3) is 6.21. The van der Waals surface area contributed by atoms with E-state index >= 15 is 0 Å². The molecule has 0 radical (unpaired) electrons. The maximum absolute atomic E-state index is 11.5. The van der Waals surface area contributed by atoms with Gasteiger partial charge in [-0.1, -0.05) is 0 Å². The van der Waals surface area contributed by atoms with Crippen LogP contribution in [0.4, 0.5) is 4.79 Å². The van der Waals surface area contributed by atoms with Gasteiger partial charge < -0.3 is 19.7 Å². The van der Waals surface area contributed by atoms with E-state index in [-0.39, 0.29) is 12.0 Å². The first kappa shape index (κ1) is 16.7. The fourth-order valence-electron chi connectivity index (χ4n) is 2.01. The fourth-order valence-corrected chi connectivity index (χ4v) is 2.01. The summed E-state index contributed by atoms with van der Waals surface area (Å²) in [6, 6.07) is 0. The summed E-state index contributed by atoms with van der Waals surface area (Å²) in [6.07, 6.45) is 0.229. The topological polar surface area (TPSA) is 71.1 Å². The first-order valence-electron chi connectivity index (χ1n) is 7.07. The molecular weight excluding hydrogens is 262 g/mol. The zero-order chi connectivity index (χ0) is 14.8. The summed E-state index contributed by atoms with van der Waals surface area (Å²) >= 11 is 0. The van der Waals surface area contributed by atoms with Crippen molar-refractivity contribution in [2.75, 3.05) is 59.6 Å². The summed E-state index contributed by atoms with van der Waals surface area (Å²) in [7, 11) is 1.61. The minimum absolute atomic E-state index is 0.0369. The molecule has 0 atom stereocenters. The SMILES string of the molecule is CCOC(=O)N1CCN(CCC(=O)NCCOC)CC1. The van der Waals surface area contributed by atoms with Gasteiger partial charge in [-0.25, -0.2) is 4.79 Å². The Balaban J connectivity index is 2.13. The van der Waals surface area contributed by atoms with E-state index in [0.29, 0.717) is 39.3 Å². The number of hydrogen-bond donors (Lipinski definition) is 1. The van der Waals surface area contributed by atoms with Crippen molar-refractivity contribution in [3.63, 3.8) is 0 Å². The molecule has 1 aliphatic heterocycles. The van der Waals surface area contributed by atoms with Crippen molar-refractivity contribution in [2.45, 2.75) is 13.3 Å². The van der Waals surface area contributed by atoms with Gasteiger partial charge >= 0.3 is 6.09 Å². The Morgan fingerprint density at radius 3 is 2.50 bits per heavy atom. The molecule has 0 spiro atoms. The largest absolute Gasteiger partial charge is 0.450 e. The van der Waals surface area contributed by atoms with Crippen LogP contribution in [0.3, 0.4) is 0 Å². The summed E-state index contributed by atoms with van der Waals surface area (Å²) < 4.78 is 9.83.